The second-order valence-corrected chi connectivity index (χ2v) is 5.34. The maximum Gasteiger partial charge on any atom is -0.0259 e. The molecular formula is C17H32. The summed E-state index contributed by atoms with van der Waals surface area (Å²) >= 11 is 0. The van der Waals surface area contributed by atoms with Crippen molar-refractivity contribution in [1.82, 2.24) is 0 Å². The molecule has 0 N–H and O–H groups in total. The third-order valence-electron chi connectivity index (χ3n) is 3.40. The largest absolute Gasteiger partial charge is 0.0817 e. The van der Waals surface area contributed by atoms with Crippen molar-refractivity contribution in [2.45, 2.75) is 72.6 Å². The molecule has 0 aliphatic heterocycles. The van der Waals surface area contributed by atoms with Crippen LogP contribution in [0.5, 0.6) is 0 Å². The molecule has 0 fully saturated rings. The minimum Gasteiger partial charge on any atom is -0.0817 e. The minimum atomic E-state index is 0.712. The molecule has 0 bridgehead atoms. The quantitative estimate of drug-likeness (QED) is 0.315. The van der Waals surface area contributed by atoms with Gasteiger partial charge in [0.2, 0.25) is 0 Å². The van der Waals surface area contributed by atoms with Crippen LogP contribution in [0.4, 0.5) is 0 Å². The molecule has 100 valence electrons. The highest BCUT2D eigenvalue weighted by Crippen LogP contribution is 2.12. The molecule has 0 rings (SSSR count). The second-order valence-electron chi connectivity index (χ2n) is 5.34. The van der Waals surface area contributed by atoms with Crippen LogP contribution < -0.4 is 0 Å². The maximum absolute atomic E-state index is 2.35. The van der Waals surface area contributed by atoms with Crippen molar-refractivity contribution in [1.29, 1.82) is 0 Å². The molecule has 0 aliphatic rings. The van der Waals surface area contributed by atoms with E-state index in [9.17, 15) is 0 Å². The lowest BCUT2D eigenvalue weighted by atomic mass is 10.0. The molecule has 0 heterocycles. The molecule has 0 nitrogen and oxygen atoms in total. The fourth-order valence-electron chi connectivity index (χ4n) is 1.81. The van der Waals surface area contributed by atoms with Crippen LogP contribution in [-0.4, -0.2) is 0 Å². The van der Waals surface area contributed by atoms with Gasteiger partial charge in [-0.25, -0.2) is 0 Å². The Hall–Kier alpha value is -0.520. The van der Waals surface area contributed by atoms with E-state index < -0.39 is 0 Å². The molecular weight excluding hydrogens is 204 g/mol. The van der Waals surface area contributed by atoms with Gasteiger partial charge < -0.3 is 0 Å². The first-order valence-corrected chi connectivity index (χ1v) is 7.55. The van der Waals surface area contributed by atoms with E-state index >= 15 is 0 Å². The summed E-state index contributed by atoms with van der Waals surface area (Å²) < 4.78 is 0. The maximum atomic E-state index is 2.35. The smallest absolute Gasteiger partial charge is 0.0259 e. The Labute approximate surface area is 109 Å². The summed E-state index contributed by atoms with van der Waals surface area (Å²) in [6.07, 6.45) is 18.6. The van der Waals surface area contributed by atoms with E-state index in [0.29, 0.717) is 5.92 Å². The van der Waals surface area contributed by atoms with E-state index in [4.69, 9.17) is 0 Å². The van der Waals surface area contributed by atoms with Crippen LogP contribution in [0, 0.1) is 11.8 Å². The van der Waals surface area contributed by atoms with Crippen LogP contribution in [0.1, 0.15) is 72.6 Å². The molecule has 0 aromatic carbocycles. The summed E-state index contributed by atoms with van der Waals surface area (Å²) in [5, 5.41) is 0. The molecule has 0 saturated carbocycles. The van der Waals surface area contributed by atoms with E-state index in [1.807, 2.05) is 0 Å². The fourth-order valence-corrected chi connectivity index (χ4v) is 1.81. The summed E-state index contributed by atoms with van der Waals surface area (Å²) in [6.45, 7) is 9.10. The SMILES string of the molecule is CCCCCCCC(C)C=CC=CC(C)CC. The van der Waals surface area contributed by atoms with Crippen LogP contribution in [0.15, 0.2) is 24.3 Å². The van der Waals surface area contributed by atoms with E-state index in [1.54, 1.807) is 0 Å². The lowest BCUT2D eigenvalue weighted by Gasteiger charge is -2.05. The van der Waals surface area contributed by atoms with Crippen molar-refractivity contribution in [3.8, 4) is 0 Å². The number of rotatable bonds is 10. The van der Waals surface area contributed by atoms with Gasteiger partial charge in [-0.15, -0.1) is 0 Å². The molecule has 2 unspecified atom stereocenters. The first-order valence-electron chi connectivity index (χ1n) is 7.55. The van der Waals surface area contributed by atoms with Crippen molar-refractivity contribution in [3.63, 3.8) is 0 Å². The van der Waals surface area contributed by atoms with E-state index in [0.717, 1.165) is 5.92 Å². The molecule has 0 heteroatoms. The fraction of sp³-hybridized carbons (Fsp3) is 0.765. The first kappa shape index (κ1) is 16.5. The zero-order chi connectivity index (χ0) is 12.9. The third kappa shape index (κ3) is 11.7. The third-order valence-corrected chi connectivity index (χ3v) is 3.40. The number of hydrogen-bond acceptors (Lipinski definition) is 0. The summed E-state index contributed by atoms with van der Waals surface area (Å²) in [5.41, 5.74) is 0. The zero-order valence-corrected chi connectivity index (χ0v) is 12.4. The Morgan fingerprint density at radius 2 is 1.35 bits per heavy atom. The number of allylic oxidation sites excluding steroid dienone is 4. The van der Waals surface area contributed by atoms with Crippen molar-refractivity contribution in [3.05, 3.63) is 24.3 Å². The molecule has 0 aromatic heterocycles. The average molecular weight is 236 g/mol. The molecule has 0 amide bonds. The molecule has 0 aromatic rings. The highest BCUT2D eigenvalue weighted by molar-refractivity contribution is 5.04. The van der Waals surface area contributed by atoms with Gasteiger partial charge in [0.25, 0.3) is 0 Å². The van der Waals surface area contributed by atoms with Crippen molar-refractivity contribution >= 4 is 0 Å². The molecule has 2 atom stereocenters. The zero-order valence-electron chi connectivity index (χ0n) is 12.4. The van der Waals surface area contributed by atoms with Crippen LogP contribution in [0.2, 0.25) is 0 Å². The molecule has 0 saturated heterocycles. The monoisotopic (exact) mass is 236 g/mol. The molecule has 0 radical (unpaired) electrons. The van der Waals surface area contributed by atoms with Gasteiger partial charge in [-0.2, -0.15) is 0 Å². The standard InChI is InChI=1S/C17H32/c1-5-7-8-9-10-14-17(4)15-12-11-13-16(3)6-2/h11-13,15-17H,5-10,14H2,1-4H3. The van der Waals surface area contributed by atoms with Crippen molar-refractivity contribution < 1.29 is 0 Å². The summed E-state index contributed by atoms with van der Waals surface area (Å²) in [6, 6.07) is 0. The van der Waals surface area contributed by atoms with Crippen LogP contribution in [0.3, 0.4) is 0 Å². The van der Waals surface area contributed by atoms with Crippen molar-refractivity contribution in [2.24, 2.45) is 11.8 Å². The van der Waals surface area contributed by atoms with Crippen LogP contribution in [-0.2, 0) is 0 Å². The van der Waals surface area contributed by atoms with Crippen molar-refractivity contribution in [2.75, 3.05) is 0 Å². The number of hydrogen-bond donors (Lipinski definition) is 0. The van der Waals surface area contributed by atoms with Gasteiger partial charge in [0.05, 0.1) is 0 Å². The predicted molar refractivity (Wildman–Crippen MR) is 80.3 cm³/mol. The van der Waals surface area contributed by atoms with E-state index in [2.05, 4.69) is 52.0 Å². The second kappa shape index (κ2) is 12.0. The lowest BCUT2D eigenvalue weighted by Crippen LogP contribution is -1.89. The summed E-state index contributed by atoms with van der Waals surface area (Å²) in [7, 11) is 0. The van der Waals surface area contributed by atoms with Gasteiger partial charge in [0.1, 0.15) is 0 Å². The lowest BCUT2D eigenvalue weighted by molar-refractivity contribution is 0.550. The Kier molecular flexibility index (Phi) is 11.6. The van der Waals surface area contributed by atoms with Gasteiger partial charge in [-0.05, 0) is 18.3 Å². The molecule has 0 aliphatic carbocycles. The number of unbranched alkanes of at least 4 members (excludes halogenated alkanes) is 4. The van der Waals surface area contributed by atoms with Crippen LogP contribution in [0.25, 0.3) is 0 Å². The normalized spacial score (nSPS) is 15.8. The van der Waals surface area contributed by atoms with Gasteiger partial charge in [0, 0.05) is 0 Å². The van der Waals surface area contributed by atoms with Gasteiger partial charge in [-0.1, -0.05) is 90.5 Å². The first-order chi connectivity index (χ1) is 8.20. The topological polar surface area (TPSA) is 0 Å². The minimum absolute atomic E-state index is 0.712. The van der Waals surface area contributed by atoms with Gasteiger partial charge >= 0.3 is 0 Å². The Bertz CT molecular complexity index is 200. The van der Waals surface area contributed by atoms with Crippen LogP contribution >= 0.6 is 0 Å². The van der Waals surface area contributed by atoms with E-state index in [1.165, 1.54) is 44.9 Å². The Morgan fingerprint density at radius 1 is 0.765 bits per heavy atom. The van der Waals surface area contributed by atoms with Gasteiger partial charge in [0.15, 0.2) is 0 Å². The summed E-state index contributed by atoms with van der Waals surface area (Å²) in [5.74, 6) is 1.45. The average Bonchev–Trinajstić information content (AvgIpc) is 2.34. The molecule has 0 spiro atoms. The highest BCUT2D eigenvalue weighted by atomic mass is 14.0. The highest BCUT2D eigenvalue weighted by Gasteiger charge is 1.96. The predicted octanol–water partition coefficient (Wildman–Crippen LogP) is 6.14. The Balaban J connectivity index is 3.53. The van der Waals surface area contributed by atoms with Gasteiger partial charge in [-0.3, -0.25) is 0 Å². The Morgan fingerprint density at radius 3 is 1.94 bits per heavy atom. The molecule has 17 heavy (non-hydrogen) atoms. The summed E-state index contributed by atoms with van der Waals surface area (Å²) in [4.78, 5) is 0. The van der Waals surface area contributed by atoms with E-state index in [-0.39, 0.29) is 0 Å².